The second-order valence-corrected chi connectivity index (χ2v) is 7.65. The third kappa shape index (κ3) is 4.74. The van der Waals surface area contributed by atoms with E-state index in [-0.39, 0.29) is 30.2 Å². The largest absolute Gasteiger partial charge is 0.503 e. The molecule has 8 heteroatoms. The number of nitrogens with zero attached hydrogens (tertiary/aromatic N) is 1. The van der Waals surface area contributed by atoms with E-state index in [9.17, 15) is 14.7 Å². The number of aromatic hydroxyl groups is 1. The molecular formula is C23H22BrNO6. The first kappa shape index (κ1) is 22.4. The first-order chi connectivity index (χ1) is 14.9. The van der Waals surface area contributed by atoms with E-state index in [0.717, 1.165) is 10.0 Å². The van der Waals surface area contributed by atoms with Gasteiger partial charge in [-0.25, -0.2) is 0 Å². The Morgan fingerprint density at radius 2 is 1.55 bits per heavy atom. The van der Waals surface area contributed by atoms with Crippen molar-refractivity contribution >= 4 is 21.7 Å². The molecule has 1 heterocycles. The van der Waals surface area contributed by atoms with Crippen molar-refractivity contribution in [2.45, 2.75) is 13.0 Å². The van der Waals surface area contributed by atoms with Gasteiger partial charge in [-0.2, -0.15) is 0 Å². The molecule has 0 bridgehead atoms. The van der Waals surface area contributed by atoms with Crippen molar-refractivity contribution in [2.75, 3.05) is 21.3 Å². The highest BCUT2D eigenvalue weighted by atomic mass is 79.9. The van der Waals surface area contributed by atoms with Gasteiger partial charge in [0.15, 0.2) is 11.5 Å². The molecule has 31 heavy (non-hydrogen) atoms. The summed E-state index contributed by atoms with van der Waals surface area (Å²) in [5, 5.41) is 10.7. The number of benzene rings is 2. The molecular weight excluding hydrogens is 466 g/mol. The number of rotatable bonds is 8. The molecule has 3 rings (SSSR count). The zero-order valence-electron chi connectivity index (χ0n) is 17.3. The highest BCUT2D eigenvalue weighted by molar-refractivity contribution is 9.10. The summed E-state index contributed by atoms with van der Waals surface area (Å²) in [6.07, 6.45) is -0.0475. The highest BCUT2D eigenvalue weighted by Crippen LogP contribution is 2.37. The number of methoxy groups -OCH3 is 3. The fraction of sp³-hybridized carbons (Fsp3) is 0.217. The van der Waals surface area contributed by atoms with Crippen LogP contribution in [0.1, 0.15) is 21.5 Å². The van der Waals surface area contributed by atoms with Gasteiger partial charge in [0, 0.05) is 10.9 Å². The molecule has 0 unspecified atom stereocenters. The molecule has 1 aromatic heterocycles. The number of carbonyl (C=O) groups excluding carboxylic acids is 1. The number of hydrogen-bond donors (Lipinski definition) is 1. The van der Waals surface area contributed by atoms with Gasteiger partial charge in [-0.05, 0) is 35.4 Å². The molecule has 3 aromatic rings. The number of hydrogen-bond acceptors (Lipinski definition) is 6. The maximum absolute atomic E-state index is 13.3. The first-order valence-corrected chi connectivity index (χ1v) is 10.2. The summed E-state index contributed by atoms with van der Waals surface area (Å²) in [4.78, 5) is 26.3. The van der Waals surface area contributed by atoms with E-state index in [4.69, 9.17) is 14.2 Å². The number of Topliss-reactive ketones (excluding diaryl/α,β-unsaturated/α-hetero) is 1. The minimum Gasteiger partial charge on any atom is -0.503 e. The van der Waals surface area contributed by atoms with Gasteiger partial charge in [0.25, 0.3) is 5.56 Å². The van der Waals surface area contributed by atoms with Crippen LogP contribution in [-0.2, 0) is 13.0 Å². The lowest BCUT2D eigenvalue weighted by Crippen LogP contribution is -2.29. The topological polar surface area (TPSA) is 87.0 Å². The molecule has 1 N–H and O–H groups in total. The fourth-order valence-electron chi connectivity index (χ4n) is 3.24. The maximum Gasteiger partial charge on any atom is 0.268 e. The average Bonchev–Trinajstić information content (AvgIpc) is 2.77. The molecule has 0 radical (unpaired) electrons. The number of carbonyl (C=O) groups is 1. The van der Waals surface area contributed by atoms with Crippen molar-refractivity contribution in [3.05, 3.63) is 80.0 Å². The molecule has 0 spiro atoms. The molecule has 0 atom stereocenters. The normalized spacial score (nSPS) is 10.6. The van der Waals surface area contributed by atoms with Crippen molar-refractivity contribution in [3.8, 4) is 23.1 Å². The van der Waals surface area contributed by atoms with Crippen LogP contribution in [0.4, 0.5) is 0 Å². The fourth-order valence-corrected chi connectivity index (χ4v) is 3.50. The predicted octanol–water partition coefficient (Wildman–Crippen LogP) is 3.82. The summed E-state index contributed by atoms with van der Waals surface area (Å²) < 4.78 is 17.9. The third-order valence-corrected chi connectivity index (χ3v) is 5.33. The lowest BCUT2D eigenvalue weighted by Gasteiger charge is -2.18. The summed E-state index contributed by atoms with van der Waals surface area (Å²) in [5.74, 6) is -0.417. The number of pyridine rings is 1. The van der Waals surface area contributed by atoms with Gasteiger partial charge in [0.1, 0.15) is 11.3 Å². The van der Waals surface area contributed by atoms with Crippen LogP contribution in [0.3, 0.4) is 0 Å². The van der Waals surface area contributed by atoms with E-state index >= 15 is 0 Å². The zero-order chi connectivity index (χ0) is 22.5. The minimum absolute atomic E-state index is 0.0287. The molecule has 0 fully saturated rings. The zero-order valence-corrected chi connectivity index (χ0v) is 18.9. The van der Waals surface area contributed by atoms with Crippen LogP contribution in [0, 0.1) is 0 Å². The molecule has 0 saturated heterocycles. The van der Waals surface area contributed by atoms with Crippen LogP contribution in [0.25, 0.3) is 0 Å². The van der Waals surface area contributed by atoms with Crippen molar-refractivity contribution in [3.63, 3.8) is 0 Å². The summed E-state index contributed by atoms with van der Waals surface area (Å²) in [7, 11) is 4.27. The van der Waals surface area contributed by atoms with E-state index in [0.29, 0.717) is 11.3 Å². The van der Waals surface area contributed by atoms with Gasteiger partial charge in [-0.3, -0.25) is 14.2 Å². The van der Waals surface area contributed by atoms with E-state index in [1.54, 1.807) is 55.6 Å². The van der Waals surface area contributed by atoms with Crippen LogP contribution in [0.5, 0.6) is 23.1 Å². The van der Waals surface area contributed by atoms with Gasteiger partial charge in [0.2, 0.25) is 11.6 Å². The predicted molar refractivity (Wildman–Crippen MR) is 120 cm³/mol. The summed E-state index contributed by atoms with van der Waals surface area (Å²) in [5.41, 5.74) is 0.492. The lowest BCUT2D eigenvalue weighted by molar-refractivity contribution is 0.0987. The summed E-state index contributed by atoms with van der Waals surface area (Å²) in [6, 6.07) is 14.3. The quantitative estimate of drug-likeness (QED) is 0.486. The third-order valence-electron chi connectivity index (χ3n) is 4.80. The standard InChI is InChI=1S/C23H22BrNO6/c1-29-17-10-6-15(7-11-17)13-25-22(28)19(20(27)21(30-2)23(25)31-3)18(26)12-14-4-8-16(24)9-5-14/h4-11,27H,12-13H2,1-3H3. The Hall–Kier alpha value is -3.26. The van der Waals surface area contributed by atoms with Gasteiger partial charge in [-0.1, -0.05) is 40.2 Å². The second-order valence-electron chi connectivity index (χ2n) is 6.73. The Kier molecular flexibility index (Phi) is 7.02. The minimum atomic E-state index is -0.659. The molecule has 0 saturated carbocycles. The van der Waals surface area contributed by atoms with Gasteiger partial charge < -0.3 is 19.3 Å². The molecule has 0 aliphatic heterocycles. The number of ketones is 1. The average molecular weight is 488 g/mol. The summed E-state index contributed by atoms with van der Waals surface area (Å²) >= 11 is 3.35. The van der Waals surface area contributed by atoms with E-state index < -0.39 is 17.1 Å². The highest BCUT2D eigenvalue weighted by Gasteiger charge is 2.27. The van der Waals surface area contributed by atoms with E-state index in [1.807, 2.05) is 0 Å². The molecule has 162 valence electrons. The smallest absolute Gasteiger partial charge is 0.268 e. The van der Waals surface area contributed by atoms with Crippen molar-refractivity contribution < 1.29 is 24.1 Å². The maximum atomic E-state index is 13.3. The molecule has 0 amide bonds. The Balaban J connectivity index is 2.08. The van der Waals surface area contributed by atoms with Gasteiger partial charge >= 0.3 is 0 Å². The van der Waals surface area contributed by atoms with Crippen LogP contribution in [-0.4, -0.2) is 36.8 Å². The van der Waals surface area contributed by atoms with Crippen molar-refractivity contribution in [1.82, 2.24) is 4.57 Å². The molecule has 0 aliphatic rings. The van der Waals surface area contributed by atoms with Gasteiger partial charge in [-0.15, -0.1) is 0 Å². The van der Waals surface area contributed by atoms with Crippen LogP contribution >= 0.6 is 15.9 Å². The number of halogens is 1. The van der Waals surface area contributed by atoms with E-state index in [1.165, 1.54) is 18.8 Å². The first-order valence-electron chi connectivity index (χ1n) is 9.37. The second kappa shape index (κ2) is 9.70. The Bertz CT molecular complexity index is 1140. The molecule has 2 aromatic carbocycles. The number of aromatic nitrogens is 1. The van der Waals surface area contributed by atoms with Crippen molar-refractivity contribution in [1.29, 1.82) is 0 Å². The molecule has 0 aliphatic carbocycles. The Labute approximate surface area is 187 Å². The van der Waals surface area contributed by atoms with Gasteiger partial charge in [0.05, 0.1) is 27.9 Å². The van der Waals surface area contributed by atoms with Crippen LogP contribution in [0.15, 0.2) is 57.8 Å². The lowest BCUT2D eigenvalue weighted by atomic mass is 10.0. The Morgan fingerprint density at radius 3 is 2.10 bits per heavy atom. The summed E-state index contributed by atoms with van der Waals surface area (Å²) in [6.45, 7) is 0.112. The van der Waals surface area contributed by atoms with Crippen LogP contribution < -0.4 is 19.8 Å². The number of ether oxygens (including phenoxy) is 3. The van der Waals surface area contributed by atoms with E-state index in [2.05, 4.69) is 15.9 Å². The van der Waals surface area contributed by atoms with Crippen LogP contribution in [0.2, 0.25) is 0 Å². The monoisotopic (exact) mass is 487 g/mol. The Morgan fingerprint density at radius 1 is 0.935 bits per heavy atom. The van der Waals surface area contributed by atoms with Crippen molar-refractivity contribution in [2.24, 2.45) is 0 Å². The molecule has 7 nitrogen and oxygen atoms in total. The SMILES string of the molecule is COc1ccc(Cn2c(OC)c(OC)c(O)c(C(=O)Cc3ccc(Br)cc3)c2=O)cc1.